The number of hydrogen-bond acceptors (Lipinski definition) is 2. The lowest BCUT2D eigenvalue weighted by Gasteiger charge is -2.46. The topological polar surface area (TPSA) is 37.4 Å². The average molecular weight is 279 g/mol. The second kappa shape index (κ2) is 5.50. The van der Waals surface area contributed by atoms with Gasteiger partial charge in [0.1, 0.15) is 0 Å². The van der Waals surface area contributed by atoms with E-state index < -0.39 is 5.41 Å². The number of nitrogens with zero attached hydrogens (tertiary/aromatic N) is 1. The third-order valence-electron chi connectivity index (χ3n) is 4.90. The number of piperidine rings is 1. The van der Waals surface area contributed by atoms with Crippen LogP contribution in [0.3, 0.4) is 0 Å². The quantitative estimate of drug-likeness (QED) is 0.776. The van der Waals surface area contributed by atoms with Crippen molar-refractivity contribution >= 4 is 11.7 Å². The van der Waals surface area contributed by atoms with E-state index in [4.69, 9.17) is 0 Å². The molecule has 3 heteroatoms. The second-order valence-corrected chi connectivity index (χ2v) is 7.87. The molecular formula is C17H29NO2. The minimum absolute atomic E-state index is 0.00761. The van der Waals surface area contributed by atoms with E-state index in [9.17, 15) is 9.59 Å². The van der Waals surface area contributed by atoms with Crippen LogP contribution in [0.4, 0.5) is 0 Å². The molecule has 0 radical (unpaired) electrons. The van der Waals surface area contributed by atoms with Gasteiger partial charge in [0, 0.05) is 17.4 Å². The third-order valence-corrected chi connectivity index (χ3v) is 4.90. The highest BCUT2D eigenvalue weighted by atomic mass is 16.2. The van der Waals surface area contributed by atoms with Gasteiger partial charge < -0.3 is 4.90 Å². The minimum atomic E-state index is -0.403. The van der Waals surface area contributed by atoms with Gasteiger partial charge in [-0.05, 0) is 31.6 Å². The molecule has 2 aliphatic rings. The van der Waals surface area contributed by atoms with E-state index in [0.717, 1.165) is 19.3 Å². The Morgan fingerprint density at radius 1 is 1.05 bits per heavy atom. The molecule has 1 saturated carbocycles. The Bertz CT molecular complexity index is 394. The number of amides is 1. The monoisotopic (exact) mass is 279 g/mol. The normalized spacial score (nSPS) is 30.5. The van der Waals surface area contributed by atoms with Crippen LogP contribution in [0, 0.1) is 17.3 Å². The van der Waals surface area contributed by atoms with Crippen molar-refractivity contribution in [3.05, 3.63) is 0 Å². The predicted molar refractivity (Wildman–Crippen MR) is 80.3 cm³/mol. The fraction of sp³-hybridized carbons (Fsp3) is 0.882. The predicted octanol–water partition coefficient (Wildman–Crippen LogP) is 3.42. The third kappa shape index (κ3) is 2.77. The lowest BCUT2D eigenvalue weighted by Crippen LogP contribution is -2.58. The van der Waals surface area contributed by atoms with Crippen LogP contribution in [-0.4, -0.2) is 28.7 Å². The molecule has 3 unspecified atom stereocenters. The minimum Gasteiger partial charge on any atom is -0.329 e. The zero-order chi connectivity index (χ0) is 15.1. The largest absolute Gasteiger partial charge is 0.329 e. The van der Waals surface area contributed by atoms with Crippen molar-refractivity contribution in [2.45, 2.75) is 78.8 Å². The molecule has 0 aromatic heterocycles. The van der Waals surface area contributed by atoms with Gasteiger partial charge in [0.05, 0.1) is 6.04 Å². The number of fused-ring (bicyclic) bond motifs is 1. The molecule has 0 N–H and O–H groups in total. The fourth-order valence-electron chi connectivity index (χ4n) is 3.81. The smallest absolute Gasteiger partial charge is 0.228 e. The number of likely N-dealkylation sites (tertiary alicyclic amines) is 1. The summed E-state index contributed by atoms with van der Waals surface area (Å²) in [4.78, 5) is 27.4. The van der Waals surface area contributed by atoms with Gasteiger partial charge in [-0.1, -0.05) is 41.0 Å². The molecule has 0 spiro atoms. The number of carbonyl (C=O) groups is 2. The van der Waals surface area contributed by atoms with Crippen LogP contribution in [-0.2, 0) is 9.59 Å². The molecule has 1 heterocycles. The molecule has 0 bridgehead atoms. The van der Waals surface area contributed by atoms with Crippen molar-refractivity contribution in [3.8, 4) is 0 Å². The van der Waals surface area contributed by atoms with Crippen molar-refractivity contribution in [2.24, 2.45) is 17.3 Å². The first kappa shape index (κ1) is 15.5. The standard InChI is InChI=1S/C17H29NO2/c1-11(2)15(19)14-10-9-12-7-6-8-13(12)18(14)16(20)17(3,4)5/h11-14H,6-10H2,1-5H3. The van der Waals surface area contributed by atoms with Gasteiger partial charge in [-0.3, -0.25) is 9.59 Å². The Morgan fingerprint density at radius 3 is 2.25 bits per heavy atom. The summed E-state index contributed by atoms with van der Waals surface area (Å²) in [6.45, 7) is 9.78. The summed E-state index contributed by atoms with van der Waals surface area (Å²) in [5, 5.41) is 0. The van der Waals surface area contributed by atoms with Crippen LogP contribution in [0.2, 0.25) is 0 Å². The van der Waals surface area contributed by atoms with E-state index in [1.165, 1.54) is 12.8 Å². The van der Waals surface area contributed by atoms with Gasteiger partial charge in [-0.25, -0.2) is 0 Å². The van der Waals surface area contributed by atoms with Crippen molar-refractivity contribution in [3.63, 3.8) is 0 Å². The Morgan fingerprint density at radius 2 is 1.70 bits per heavy atom. The molecule has 3 nitrogen and oxygen atoms in total. The van der Waals surface area contributed by atoms with E-state index in [-0.39, 0.29) is 23.7 Å². The van der Waals surface area contributed by atoms with Crippen LogP contribution in [0.1, 0.15) is 66.7 Å². The molecule has 114 valence electrons. The molecule has 1 amide bonds. The molecular weight excluding hydrogens is 250 g/mol. The summed E-state index contributed by atoms with van der Waals surface area (Å²) in [7, 11) is 0. The first-order chi connectivity index (χ1) is 9.23. The van der Waals surface area contributed by atoms with Gasteiger partial charge in [0.2, 0.25) is 5.91 Å². The van der Waals surface area contributed by atoms with Gasteiger partial charge >= 0.3 is 0 Å². The highest BCUT2D eigenvalue weighted by Crippen LogP contribution is 2.41. The van der Waals surface area contributed by atoms with Gasteiger partial charge in [-0.2, -0.15) is 0 Å². The maximum Gasteiger partial charge on any atom is 0.228 e. The summed E-state index contributed by atoms with van der Waals surface area (Å²) in [6, 6.07) is 0.129. The molecule has 2 rings (SSSR count). The van der Waals surface area contributed by atoms with Crippen molar-refractivity contribution < 1.29 is 9.59 Å². The van der Waals surface area contributed by atoms with E-state index in [0.29, 0.717) is 12.0 Å². The zero-order valence-electron chi connectivity index (χ0n) is 13.6. The summed E-state index contributed by atoms with van der Waals surface area (Å²) in [5.74, 6) is 1.03. The van der Waals surface area contributed by atoms with Crippen molar-refractivity contribution in [1.82, 2.24) is 4.90 Å². The number of rotatable bonds is 2. The Labute approximate surface area is 123 Å². The molecule has 1 saturated heterocycles. The van der Waals surface area contributed by atoms with E-state index in [2.05, 4.69) is 0 Å². The second-order valence-electron chi connectivity index (χ2n) is 7.87. The van der Waals surface area contributed by atoms with Crippen LogP contribution >= 0.6 is 0 Å². The summed E-state index contributed by atoms with van der Waals surface area (Å²) in [6.07, 6.45) is 5.48. The molecule has 20 heavy (non-hydrogen) atoms. The lowest BCUT2D eigenvalue weighted by molar-refractivity contribution is -0.154. The molecule has 0 aromatic rings. The summed E-state index contributed by atoms with van der Waals surface area (Å²) in [5.41, 5.74) is -0.403. The molecule has 1 aliphatic carbocycles. The average Bonchev–Trinajstić information content (AvgIpc) is 2.82. The van der Waals surface area contributed by atoms with E-state index >= 15 is 0 Å². The molecule has 1 aliphatic heterocycles. The molecule has 0 aromatic carbocycles. The lowest BCUT2D eigenvalue weighted by atomic mass is 9.81. The Hall–Kier alpha value is -0.860. The first-order valence-corrected chi connectivity index (χ1v) is 8.10. The first-order valence-electron chi connectivity index (χ1n) is 8.10. The van der Waals surface area contributed by atoms with Crippen LogP contribution in [0.5, 0.6) is 0 Å². The SMILES string of the molecule is CC(C)C(=O)C1CCC2CCCC2N1C(=O)C(C)(C)C. The summed E-state index contributed by atoms with van der Waals surface area (Å²) >= 11 is 0. The van der Waals surface area contributed by atoms with Crippen LogP contribution in [0.25, 0.3) is 0 Å². The maximum absolute atomic E-state index is 12.9. The van der Waals surface area contributed by atoms with Crippen LogP contribution < -0.4 is 0 Å². The van der Waals surface area contributed by atoms with Gasteiger partial charge in [-0.15, -0.1) is 0 Å². The molecule has 3 atom stereocenters. The highest BCUT2D eigenvalue weighted by molar-refractivity contribution is 5.92. The highest BCUT2D eigenvalue weighted by Gasteiger charge is 2.47. The van der Waals surface area contributed by atoms with E-state index in [1.54, 1.807) is 0 Å². The van der Waals surface area contributed by atoms with Gasteiger partial charge in [0.15, 0.2) is 5.78 Å². The van der Waals surface area contributed by atoms with Crippen LogP contribution in [0.15, 0.2) is 0 Å². The van der Waals surface area contributed by atoms with Gasteiger partial charge in [0.25, 0.3) is 0 Å². The molecule has 2 fully saturated rings. The Kier molecular flexibility index (Phi) is 4.27. The number of hydrogen-bond donors (Lipinski definition) is 0. The number of Topliss-reactive ketones (excluding diaryl/α,β-unsaturated/α-hetero) is 1. The van der Waals surface area contributed by atoms with Crippen molar-refractivity contribution in [1.29, 1.82) is 0 Å². The zero-order valence-corrected chi connectivity index (χ0v) is 13.6. The number of carbonyl (C=O) groups excluding carboxylic acids is 2. The maximum atomic E-state index is 12.9. The van der Waals surface area contributed by atoms with E-state index in [1.807, 2.05) is 39.5 Å². The van der Waals surface area contributed by atoms with Crippen molar-refractivity contribution in [2.75, 3.05) is 0 Å². The fourth-order valence-corrected chi connectivity index (χ4v) is 3.81. The Balaban J connectivity index is 2.31. The summed E-state index contributed by atoms with van der Waals surface area (Å²) < 4.78 is 0. The number of ketones is 1.